The number of aliphatic hydroxyl groups excluding tert-OH is 1. The molecular formula is C18H20Cl2FNO3. The van der Waals surface area contributed by atoms with Gasteiger partial charge < -0.3 is 19.9 Å². The number of aliphatic hydroxyl groups is 1. The number of halogens is 3. The monoisotopic (exact) mass is 387 g/mol. The van der Waals surface area contributed by atoms with Gasteiger partial charge in [-0.3, -0.25) is 0 Å². The van der Waals surface area contributed by atoms with E-state index in [0.717, 1.165) is 5.56 Å². The van der Waals surface area contributed by atoms with Crippen LogP contribution < -0.4 is 14.8 Å². The highest BCUT2D eigenvalue weighted by atomic mass is 35.5. The summed E-state index contributed by atoms with van der Waals surface area (Å²) in [4.78, 5) is 0. The maximum atomic E-state index is 13.8. The van der Waals surface area contributed by atoms with Crippen molar-refractivity contribution in [1.82, 2.24) is 5.32 Å². The van der Waals surface area contributed by atoms with Crippen LogP contribution in [0.1, 0.15) is 17.5 Å². The van der Waals surface area contributed by atoms with E-state index in [1.165, 1.54) is 19.2 Å². The van der Waals surface area contributed by atoms with Crippen LogP contribution in [-0.2, 0) is 13.2 Å². The zero-order chi connectivity index (χ0) is 18.2. The SMILES string of the molecule is COc1cc(CNCCCO)c(Cl)cc1OCc1c(F)cccc1Cl. The third-order valence-corrected chi connectivity index (χ3v) is 4.30. The third-order valence-electron chi connectivity index (χ3n) is 3.59. The Morgan fingerprint density at radius 2 is 1.96 bits per heavy atom. The van der Waals surface area contributed by atoms with E-state index in [0.29, 0.717) is 41.1 Å². The molecule has 7 heteroatoms. The van der Waals surface area contributed by atoms with Crippen LogP contribution >= 0.6 is 23.2 Å². The van der Waals surface area contributed by atoms with Crippen molar-refractivity contribution in [2.75, 3.05) is 20.3 Å². The van der Waals surface area contributed by atoms with Gasteiger partial charge >= 0.3 is 0 Å². The Labute approximate surface area is 156 Å². The van der Waals surface area contributed by atoms with E-state index < -0.39 is 5.82 Å². The van der Waals surface area contributed by atoms with E-state index in [4.69, 9.17) is 37.8 Å². The Morgan fingerprint density at radius 3 is 2.64 bits per heavy atom. The van der Waals surface area contributed by atoms with Crippen LogP contribution in [0.4, 0.5) is 4.39 Å². The second kappa shape index (κ2) is 9.82. The van der Waals surface area contributed by atoms with Crippen LogP contribution in [0.2, 0.25) is 10.0 Å². The molecule has 0 unspecified atom stereocenters. The normalized spacial score (nSPS) is 10.8. The topological polar surface area (TPSA) is 50.7 Å². The summed E-state index contributed by atoms with van der Waals surface area (Å²) in [5.41, 5.74) is 1.12. The lowest BCUT2D eigenvalue weighted by molar-refractivity contribution is 0.279. The van der Waals surface area contributed by atoms with E-state index in [1.807, 2.05) is 0 Å². The third kappa shape index (κ3) is 5.47. The highest BCUT2D eigenvalue weighted by Gasteiger charge is 2.13. The zero-order valence-corrected chi connectivity index (χ0v) is 15.3. The summed E-state index contributed by atoms with van der Waals surface area (Å²) in [6.07, 6.45) is 0.666. The summed E-state index contributed by atoms with van der Waals surface area (Å²) in [5, 5.41) is 12.8. The maximum Gasteiger partial charge on any atom is 0.163 e. The number of ether oxygens (including phenoxy) is 2. The summed E-state index contributed by atoms with van der Waals surface area (Å²) < 4.78 is 24.8. The predicted molar refractivity (Wildman–Crippen MR) is 97.2 cm³/mol. The van der Waals surface area contributed by atoms with Crippen LogP contribution in [0.3, 0.4) is 0 Å². The number of benzene rings is 2. The molecule has 0 saturated heterocycles. The minimum Gasteiger partial charge on any atom is -0.493 e. The fraction of sp³-hybridized carbons (Fsp3) is 0.333. The molecule has 4 nitrogen and oxygen atoms in total. The molecule has 0 atom stereocenters. The van der Waals surface area contributed by atoms with Gasteiger partial charge in [0.05, 0.1) is 12.1 Å². The van der Waals surface area contributed by atoms with E-state index >= 15 is 0 Å². The van der Waals surface area contributed by atoms with Gasteiger partial charge in [0.2, 0.25) is 0 Å². The largest absolute Gasteiger partial charge is 0.493 e. The van der Waals surface area contributed by atoms with Crippen molar-refractivity contribution in [2.45, 2.75) is 19.6 Å². The van der Waals surface area contributed by atoms with Gasteiger partial charge in [-0.15, -0.1) is 0 Å². The molecule has 0 fully saturated rings. The first-order valence-corrected chi connectivity index (χ1v) is 8.56. The number of hydrogen-bond donors (Lipinski definition) is 2. The Balaban J connectivity index is 2.11. The minimum atomic E-state index is -0.428. The lowest BCUT2D eigenvalue weighted by Crippen LogP contribution is -2.16. The highest BCUT2D eigenvalue weighted by molar-refractivity contribution is 6.31. The van der Waals surface area contributed by atoms with Crippen molar-refractivity contribution in [3.63, 3.8) is 0 Å². The molecule has 2 N–H and O–H groups in total. The molecule has 2 rings (SSSR count). The average molecular weight is 388 g/mol. The van der Waals surface area contributed by atoms with E-state index in [1.54, 1.807) is 18.2 Å². The van der Waals surface area contributed by atoms with Crippen molar-refractivity contribution >= 4 is 23.2 Å². The van der Waals surface area contributed by atoms with Crippen molar-refractivity contribution < 1.29 is 19.0 Å². The van der Waals surface area contributed by atoms with Gasteiger partial charge in [0.1, 0.15) is 12.4 Å². The lowest BCUT2D eigenvalue weighted by Gasteiger charge is -2.15. The maximum absolute atomic E-state index is 13.8. The van der Waals surface area contributed by atoms with E-state index in [9.17, 15) is 4.39 Å². The van der Waals surface area contributed by atoms with Crippen molar-refractivity contribution in [1.29, 1.82) is 0 Å². The predicted octanol–water partition coefficient (Wildman–Crippen LogP) is 4.19. The second-order valence-corrected chi connectivity index (χ2v) is 6.15. The Morgan fingerprint density at radius 1 is 1.16 bits per heavy atom. The van der Waals surface area contributed by atoms with Gasteiger partial charge in [0.15, 0.2) is 11.5 Å². The molecule has 0 aliphatic rings. The summed E-state index contributed by atoms with van der Waals surface area (Å²) in [5.74, 6) is 0.476. The molecule has 0 saturated carbocycles. The number of rotatable bonds is 9. The molecule has 25 heavy (non-hydrogen) atoms. The molecule has 2 aromatic rings. The second-order valence-electron chi connectivity index (χ2n) is 5.34. The first-order chi connectivity index (χ1) is 12.1. The Kier molecular flexibility index (Phi) is 7.78. The Bertz CT molecular complexity index is 693. The fourth-order valence-electron chi connectivity index (χ4n) is 2.23. The Hall–Kier alpha value is -1.53. The highest BCUT2D eigenvalue weighted by Crippen LogP contribution is 2.34. The summed E-state index contributed by atoms with van der Waals surface area (Å²) in [6, 6.07) is 7.88. The summed E-state index contributed by atoms with van der Waals surface area (Å²) in [7, 11) is 1.52. The molecule has 0 aromatic heterocycles. The molecule has 0 spiro atoms. The number of nitrogens with one attached hydrogen (secondary N) is 1. The molecule has 136 valence electrons. The minimum absolute atomic E-state index is 0.0354. The average Bonchev–Trinajstić information content (AvgIpc) is 2.59. The molecule has 0 aliphatic heterocycles. The zero-order valence-electron chi connectivity index (χ0n) is 13.8. The van der Waals surface area contributed by atoms with Gasteiger partial charge in [-0.25, -0.2) is 4.39 Å². The molecule has 0 aliphatic carbocycles. The molecule has 0 heterocycles. The van der Waals surface area contributed by atoms with Gasteiger partial charge in [0.25, 0.3) is 0 Å². The van der Waals surface area contributed by atoms with Crippen molar-refractivity contribution in [2.24, 2.45) is 0 Å². The van der Waals surface area contributed by atoms with Crippen LogP contribution in [0, 0.1) is 5.82 Å². The van der Waals surface area contributed by atoms with Crippen LogP contribution in [0.5, 0.6) is 11.5 Å². The van der Waals surface area contributed by atoms with Crippen LogP contribution in [0.15, 0.2) is 30.3 Å². The first-order valence-electron chi connectivity index (χ1n) is 7.80. The van der Waals surface area contributed by atoms with Gasteiger partial charge in [-0.05, 0) is 36.7 Å². The molecule has 0 amide bonds. The summed E-state index contributed by atoms with van der Waals surface area (Å²) in [6.45, 7) is 1.32. The van der Waals surface area contributed by atoms with Crippen molar-refractivity contribution in [3.8, 4) is 11.5 Å². The van der Waals surface area contributed by atoms with E-state index in [2.05, 4.69) is 5.32 Å². The molecule has 0 radical (unpaired) electrons. The lowest BCUT2D eigenvalue weighted by atomic mass is 10.2. The quantitative estimate of drug-likeness (QED) is 0.633. The summed E-state index contributed by atoms with van der Waals surface area (Å²) >= 11 is 12.3. The van der Waals surface area contributed by atoms with E-state index in [-0.39, 0.29) is 18.8 Å². The smallest absolute Gasteiger partial charge is 0.163 e. The molecule has 2 aromatic carbocycles. The van der Waals surface area contributed by atoms with Gasteiger partial charge in [-0.1, -0.05) is 29.3 Å². The standard InChI is InChI=1S/C18H20Cl2FNO3/c1-24-17-8-12(10-22-6-3-7-23)15(20)9-18(17)25-11-13-14(19)4-2-5-16(13)21/h2,4-5,8-9,22-23H,3,6-7,10-11H2,1H3. The van der Waals surface area contributed by atoms with Crippen LogP contribution in [-0.4, -0.2) is 25.4 Å². The number of hydrogen-bond acceptors (Lipinski definition) is 4. The first kappa shape index (κ1) is 19.8. The molecule has 0 bridgehead atoms. The number of methoxy groups -OCH3 is 1. The molecular weight excluding hydrogens is 368 g/mol. The fourth-order valence-corrected chi connectivity index (χ4v) is 2.67. The van der Waals surface area contributed by atoms with Crippen LogP contribution in [0.25, 0.3) is 0 Å². The van der Waals surface area contributed by atoms with Crippen molar-refractivity contribution in [3.05, 3.63) is 57.3 Å². The van der Waals surface area contributed by atoms with Gasteiger partial charge in [-0.2, -0.15) is 0 Å². The van der Waals surface area contributed by atoms with Gasteiger partial charge in [0, 0.05) is 29.8 Å².